The molecule has 7 heteroatoms. The smallest absolute Gasteiger partial charge is 0.257 e. The first kappa shape index (κ1) is 22.7. The highest BCUT2D eigenvalue weighted by atomic mass is 16.5. The molecule has 4 rings (SSSR count). The van der Waals surface area contributed by atoms with E-state index in [2.05, 4.69) is 28.6 Å². The zero-order chi connectivity index (χ0) is 23.4. The molecule has 1 atom stereocenters. The second-order valence-corrected chi connectivity index (χ2v) is 8.57. The van der Waals surface area contributed by atoms with Crippen molar-refractivity contribution in [1.82, 2.24) is 15.6 Å². The van der Waals surface area contributed by atoms with Crippen molar-refractivity contribution in [2.45, 2.75) is 39.7 Å². The number of benzene rings is 2. The Labute approximate surface area is 193 Å². The molecular formula is C26H31N3O4. The zero-order valence-corrected chi connectivity index (χ0v) is 19.4. The van der Waals surface area contributed by atoms with Gasteiger partial charge in [0.1, 0.15) is 0 Å². The van der Waals surface area contributed by atoms with E-state index in [0.29, 0.717) is 36.1 Å². The largest absolute Gasteiger partial charge is 0.493 e. The van der Waals surface area contributed by atoms with Crippen molar-refractivity contribution in [3.8, 4) is 11.5 Å². The minimum atomic E-state index is -0.189. The second kappa shape index (κ2) is 9.98. The number of hydrogen-bond donors (Lipinski definition) is 3. The zero-order valence-electron chi connectivity index (χ0n) is 19.4. The summed E-state index contributed by atoms with van der Waals surface area (Å²) >= 11 is 0. The molecule has 0 aliphatic heterocycles. The SMILES string of the molecule is CCNC(=O)COc1ccc(CNC(=O)c2cccc3c4c([nH]c23)CCC(C)C4)cc1OC. The van der Waals surface area contributed by atoms with E-state index in [0.717, 1.165) is 29.3 Å². The molecule has 1 aliphatic carbocycles. The van der Waals surface area contributed by atoms with Crippen molar-refractivity contribution in [3.05, 3.63) is 58.8 Å². The van der Waals surface area contributed by atoms with Crippen LogP contribution in [-0.4, -0.2) is 37.1 Å². The lowest BCUT2D eigenvalue weighted by atomic mass is 9.87. The molecule has 0 radical (unpaired) electrons. The predicted molar refractivity (Wildman–Crippen MR) is 128 cm³/mol. The van der Waals surface area contributed by atoms with Crippen LogP contribution in [0, 0.1) is 5.92 Å². The van der Waals surface area contributed by atoms with E-state index in [1.807, 2.05) is 31.2 Å². The fourth-order valence-corrected chi connectivity index (χ4v) is 4.41. The number of amides is 2. The molecule has 3 N–H and O–H groups in total. The van der Waals surface area contributed by atoms with Crippen LogP contribution in [0.1, 0.15) is 47.4 Å². The average Bonchev–Trinajstić information content (AvgIpc) is 3.19. The summed E-state index contributed by atoms with van der Waals surface area (Å²) in [5, 5.41) is 6.86. The van der Waals surface area contributed by atoms with E-state index >= 15 is 0 Å². The number of para-hydroxylation sites is 1. The number of hydrogen-bond acceptors (Lipinski definition) is 4. The molecule has 1 aliphatic rings. The number of H-pyrrole nitrogens is 1. The summed E-state index contributed by atoms with van der Waals surface area (Å²) in [7, 11) is 1.55. The fourth-order valence-electron chi connectivity index (χ4n) is 4.41. The van der Waals surface area contributed by atoms with Gasteiger partial charge >= 0.3 is 0 Å². The maximum absolute atomic E-state index is 13.0. The van der Waals surface area contributed by atoms with Crippen LogP contribution in [0.15, 0.2) is 36.4 Å². The summed E-state index contributed by atoms with van der Waals surface area (Å²) in [6.07, 6.45) is 3.25. The van der Waals surface area contributed by atoms with Crippen LogP contribution in [0.25, 0.3) is 10.9 Å². The highest BCUT2D eigenvalue weighted by Gasteiger charge is 2.22. The molecule has 0 bridgehead atoms. The number of carbonyl (C=O) groups is 2. The Kier molecular flexibility index (Phi) is 6.87. The number of aryl methyl sites for hydroxylation is 1. The van der Waals surface area contributed by atoms with Gasteiger partial charge in [-0.05, 0) is 61.4 Å². The number of methoxy groups -OCH3 is 1. The van der Waals surface area contributed by atoms with E-state index in [1.54, 1.807) is 13.2 Å². The number of likely N-dealkylation sites (N-methyl/N-ethyl adjacent to an activating group) is 1. The van der Waals surface area contributed by atoms with E-state index < -0.39 is 0 Å². The van der Waals surface area contributed by atoms with Crippen molar-refractivity contribution in [2.24, 2.45) is 5.92 Å². The van der Waals surface area contributed by atoms with Gasteiger partial charge in [-0.1, -0.05) is 25.1 Å². The third-order valence-corrected chi connectivity index (χ3v) is 6.13. The van der Waals surface area contributed by atoms with Gasteiger partial charge in [-0.2, -0.15) is 0 Å². The molecule has 33 heavy (non-hydrogen) atoms. The van der Waals surface area contributed by atoms with Gasteiger partial charge in [0.25, 0.3) is 11.8 Å². The molecule has 2 aromatic carbocycles. The lowest BCUT2D eigenvalue weighted by Gasteiger charge is -2.17. The molecule has 0 saturated heterocycles. The van der Waals surface area contributed by atoms with Crippen molar-refractivity contribution in [3.63, 3.8) is 0 Å². The van der Waals surface area contributed by atoms with Gasteiger partial charge in [0.05, 0.1) is 18.2 Å². The summed E-state index contributed by atoms with van der Waals surface area (Å²) in [4.78, 5) is 28.2. The third kappa shape index (κ3) is 4.97. The van der Waals surface area contributed by atoms with E-state index in [1.165, 1.54) is 17.7 Å². The van der Waals surface area contributed by atoms with E-state index in [-0.39, 0.29) is 18.4 Å². The topological polar surface area (TPSA) is 92.5 Å². The van der Waals surface area contributed by atoms with Crippen molar-refractivity contribution < 1.29 is 19.1 Å². The summed E-state index contributed by atoms with van der Waals surface area (Å²) in [5.41, 5.74) is 5.06. The van der Waals surface area contributed by atoms with Gasteiger partial charge in [-0.25, -0.2) is 0 Å². The predicted octanol–water partition coefficient (Wildman–Crippen LogP) is 3.75. The maximum atomic E-state index is 13.0. The first-order chi connectivity index (χ1) is 16.0. The first-order valence-electron chi connectivity index (χ1n) is 11.5. The van der Waals surface area contributed by atoms with Crippen LogP contribution >= 0.6 is 0 Å². The third-order valence-electron chi connectivity index (χ3n) is 6.13. The Morgan fingerprint density at radius 3 is 2.79 bits per heavy atom. The Hall–Kier alpha value is -3.48. The van der Waals surface area contributed by atoms with Gasteiger partial charge in [0, 0.05) is 24.2 Å². The molecule has 1 aromatic heterocycles. The Morgan fingerprint density at radius 1 is 1.15 bits per heavy atom. The molecule has 0 spiro atoms. The summed E-state index contributed by atoms with van der Waals surface area (Å²) in [5.74, 6) is 1.35. The van der Waals surface area contributed by atoms with Gasteiger partial charge in [-0.15, -0.1) is 0 Å². The summed E-state index contributed by atoms with van der Waals surface area (Å²) in [6.45, 7) is 4.95. The molecule has 0 fully saturated rings. The number of nitrogens with one attached hydrogen (secondary N) is 3. The number of carbonyl (C=O) groups excluding carboxylic acids is 2. The molecule has 1 heterocycles. The lowest BCUT2D eigenvalue weighted by molar-refractivity contribution is -0.123. The van der Waals surface area contributed by atoms with Crippen molar-refractivity contribution in [2.75, 3.05) is 20.3 Å². The number of ether oxygens (including phenoxy) is 2. The molecule has 174 valence electrons. The van der Waals surface area contributed by atoms with Crippen LogP contribution in [-0.2, 0) is 24.2 Å². The Bertz CT molecular complexity index is 1170. The normalized spacial score (nSPS) is 15.1. The Balaban J connectivity index is 1.46. The molecule has 1 unspecified atom stereocenters. The summed E-state index contributed by atoms with van der Waals surface area (Å²) < 4.78 is 11.0. The van der Waals surface area contributed by atoms with E-state index in [4.69, 9.17) is 9.47 Å². The van der Waals surface area contributed by atoms with Crippen LogP contribution in [0.3, 0.4) is 0 Å². The summed E-state index contributed by atoms with van der Waals surface area (Å²) in [6, 6.07) is 11.3. The number of aromatic nitrogens is 1. The second-order valence-electron chi connectivity index (χ2n) is 8.57. The number of fused-ring (bicyclic) bond motifs is 3. The highest BCUT2D eigenvalue weighted by molar-refractivity contribution is 6.06. The molecule has 0 saturated carbocycles. The van der Waals surface area contributed by atoms with Gasteiger partial charge in [-0.3, -0.25) is 9.59 Å². The van der Waals surface area contributed by atoms with Crippen LogP contribution < -0.4 is 20.1 Å². The molecular weight excluding hydrogens is 418 g/mol. The quantitative estimate of drug-likeness (QED) is 0.488. The van der Waals surface area contributed by atoms with Gasteiger partial charge in [0.15, 0.2) is 18.1 Å². The van der Waals surface area contributed by atoms with Gasteiger partial charge in [0.2, 0.25) is 0 Å². The molecule has 3 aromatic rings. The minimum Gasteiger partial charge on any atom is -0.493 e. The van der Waals surface area contributed by atoms with Crippen molar-refractivity contribution in [1.29, 1.82) is 0 Å². The van der Waals surface area contributed by atoms with E-state index in [9.17, 15) is 9.59 Å². The molecule has 2 amide bonds. The first-order valence-corrected chi connectivity index (χ1v) is 11.5. The number of rotatable bonds is 8. The van der Waals surface area contributed by atoms with Crippen LogP contribution in [0.4, 0.5) is 0 Å². The maximum Gasteiger partial charge on any atom is 0.257 e. The lowest BCUT2D eigenvalue weighted by Crippen LogP contribution is -2.28. The fraction of sp³-hybridized carbons (Fsp3) is 0.385. The van der Waals surface area contributed by atoms with Crippen LogP contribution in [0.2, 0.25) is 0 Å². The van der Waals surface area contributed by atoms with Crippen molar-refractivity contribution >= 4 is 22.7 Å². The number of aromatic amines is 1. The average molecular weight is 450 g/mol. The minimum absolute atomic E-state index is 0.0802. The van der Waals surface area contributed by atoms with Crippen LogP contribution in [0.5, 0.6) is 11.5 Å². The standard InChI is InChI=1S/C26H31N3O4/c1-4-27-24(30)15-33-22-11-9-17(13-23(22)32-3)14-28-26(31)19-7-5-6-18-20-12-16(2)8-10-21(20)29-25(18)19/h5-7,9,11,13,16,29H,4,8,10,12,14-15H2,1-3H3,(H,27,30)(H,28,31). The van der Waals surface area contributed by atoms with Gasteiger partial charge < -0.3 is 25.1 Å². The monoisotopic (exact) mass is 449 g/mol. The highest BCUT2D eigenvalue weighted by Crippen LogP contribution is 2.33. The Morgan fingerprint density at radius 2 is 2.00 bits per heavy atom. The molecule has 7 nitrogen and oxygen atoms in total.